The van der Waals surface area contributed by atoms with Crippen molar-refractivity contribution in [3.05, 3.63) is 70.1 Å². The summed E-state index contributed by atoms with van der Waals surface area (Å²) in [6.45, 7) is 21.9. The first-order chi connectivity index (χ1) is 26.5. The van der Waals surface area contributed by atoms with E-state index in [1.165, 1.54) is 5.56 Å². The number of rotatable bonds is 7. The molecular weight excluding hydrogens is 732 g/mol. The lowest BCUT2D eigenvalue weighted by Crippen LogP contribution is -2.34. The van der Waals surface area contributed by atoms with Crippen LogP contribution < -0.4 is 16.4 Å². The summed E-state index contributed by atoms with van der Waals surface area (Å²) in [4.78, 5) is 49.9. The summed E-state index contributed by atoms with van der Waals surface area (Å²) in [5.74, 6) is 0.150. The number of amidine groups is 1. The Morgan fingerprint density at radius 2 is 1.26 bits per heavy atom. The minimum absolute atomic E-state index is 0.0182. The highest BCUT2D eigenvalue weighted by atomic mass is 16.6. The molecule has 1 aromatic heterocycles. The topological polar surface area (TPSA) is 218 Å². The third-order valence-corrected chi connectivity index (χ3v) is 8.56. The fraction of sp³-hybridized carbons (Fsp3) is 0.548. The van der Waals surface area contributed by atoms with Gasteiger partial charge in [-0.3, -0.25) is 9.59 Å². The van der Waals surface area contributed by atoms with Gasteiger partial charge in [0, 0.05) is 17.0 Å². The molecule has 0 fully saturated rings. The minimum atomic E-state index is -0.512. The zero-order valence-electron chi connectivity index (χ0n) is 35.3. The van der Waals surface area contributed by atoms with Crippen molar-refractivity contribution in [1.29, 1.82) is 0 Å². The van der Waals surface area contributed by atoms with Gasteiger partial charge in [0.1, 0.15) is 11.2 Å². The van der Waals surface area contributed by atoms with Crippen LogP contribution in [0.15, 0.2) is 46.1 Å². The van der Waals surface area contributed by atoms with Crippen LogP contribution in [-0.4, -0.2) is 56.5 Å². The van der Waals surface area contributed by atoms with Crippen LogP contribution in [0.2, 0.25) is 0 Å². The zero-order chi connectivity index (χ0) is 42.8. The fourth-order valence-electron chi connectivity index (χ4n) is 5.71. The van der Waals surface area contributed by atoms with Crippen molar-refractivity contribution in [3.8, 4) is 11.4 Å². The van der Waals surface area contributed by atoms with Gasteiger partial charge in [-0.2, -0.15) is 4.98 Å². The second-order valence-corrected chi connectivity index (χ2v) is 16.9. The first kappa shape index (κ1) is 45.9. The number of aryl methyl sites for hydroxylation is 2. The van der Waals surface area contributed by atoms with Gasteiger partial charge < -0.3 is 40.3 Å². The highest BCUT2D eigenvalue weighted by Crippen LogP contribution is 2.35. The molecule has 5 rings (SSSR count). The number of nitrogens with one attached hydrogen (secondary N) is 2. The van der Waals surface area contributed by atoms with Crippen LogP contribution in [0.5, 0.6) is 0 Å². The van der Waals surface area contributed by atoms with Gasteiger partial charge in [-0.15, -0.1) is 0 Å². The van der Waals surface area contributed by atoms with Crippen molar-refractivity contribution in [2.45, 2.75) is 138 Å². The molecule has 0 radical (unpaired) electrons. The Labute approximate surface area is 335 Å². The Balaban J connectivity index is 0.000000247. The van der Waals surface area contributed by atoms with E-state index in [-0.39, 0.29) is 41.8 Å². The molecule has 1 heterocycles. The van der Waals surface area contributed by atoms with Crippen molar-refractivity contribution in [1.82, 2.24) is 20.8 Å². The van der Waals surface area contributed by atoms with Gasteiger partial charge in [0.2, 0.25) is 11.7 Å². The molecule has 2 aliphatic rings. The van der Waals surface area contributed by atoms with Gasteiger partial charge in [-0.1, -0.05) is 76.1 Å². The summed E-state index contributed by atoms with van der Waals surface area (Å²) in [6.07, 6.45) is 2.62. The van der Waals surface area contributed by atoms with Crippen molar-refractivity contribution >= 4 is 30.0 Å². The maximum absolute atomic E-state index is 12.0. The molecular formula is C42H60N6O9. The van der Waals surface area contributed by atoms with Gasteiger partial charge in [0.25, 0.3) is 0 Å². The Hall–Kier alpha value is -5.47. The van der Waals surface area contributed by atoms with E-state index in [0.717, 1.165) is 47.9 Å². The summed E-state index contributed by atoms with van der Waals surface area (Å²) in [7, 11) is 0. The normalized spacial score (nSPS) is 16.1. The van der Waals surface area contributed by atoms with Crippen LogP contribution in [-0.2, 0) is 36.6 Å². The van der Waals surface area contributed by atoms with Crippen LogP contribution >= 0.6 is 0 Å². The molecule has 0 saturated heterocycles. The van der Waals surface area contributed by atoms with E-state index in [2.05, 4.69) is 36.7 Å². The van der Waals surface area contributed by atoms with Gasteiger partial charge in [-0.25, -0.2) is 9.59 Å². The van der Waals surface area contributed by atoms with Crippen LogP contribution in [0.4, 0.5) is 9.59 Å². The third-order valence-electron chi connectivity index (χ3n) is 8.56. The van der Waals surface area contributed by atoms with E-state index in [0.29, 0.717) is 17.3 Å². The van der Waals surface area contributed by atoms with Crippen LogP contribution in [0.3, 0.4) is 0 Å². The molecule has 0 bridgehead atoms. The van der Waals surface area contributed by atoms with Gasteiger partial charge in [0.05, 0.1) is 23.9 Å². The predicted molar refractivity (Wildman–Crippen MR) is 214 cm³/mol. The maximum atomic E-state index is 12.0. The first-order valence-electron chi connectivity index (χ1n) is 19.3. The number of nitrogens with two attached hydrogens (primary N) is 1. The molecule has 57 heavy (non-hydrogen) atoms. The number of ether oxygens (including phenoxy) is 3. The molecule has 312 valence electrons. The van der Waals surface area contributed by atoms with Crippen molar-refractivity contribution < 1.29 is 43.1 Å². The largest absolute Gasteiger partial charge is 0.444 e. The molecule has 5 N–H and O–H groups in total. The van der Waals surface area contributed by atoms with Crippen molar-refractivity contribution in [2.24, 2.45) is 22.7 Å². The highest BCUT2D eigenvalue weighted by Gasteiger charge is 2.28. The molecule has 0 unspecified atom stereocenters. The molecule has 2 atom stereocenters. The van der Waals surface area contributed by atoms with Gasteiger partial charge in [0.15, 0.2) is 5.84 Å². The van der Waals surface area contributed by atoms with Crippen LogP contribution in [0, 0.1) is 11.8 Å². The predicted octanol–water partition coefficient (Wildman–Crippen LogP) is 8.03. The fourth-order valence-corrected chi connectivity index (χ4v) is 5.71. The smallest absolute Gasteiger partial charge is 0.408 e. The maximum Gasteiger partial charge on any atom is 0.408 e. The van der Waals surface area contributed by atoms with E-state index in [4.69, 9.17) is 24.9 Å². The number of alkyl carbamates (subject to hydrolysis) is 2. The standard InChI is InChI=1S/C19H25N3O3.C15H21N3O3.C8H14O3/c1-11(2)17-21-16(22-25-17)13-6-8-14-12(10-13)7-9-15(14)20-18(23)24-19(3,4)5;1-15(2,3)21-14(19)17-12-7-5-9-8-10(13(16)18-20)4-6-11(9)12;1-5(2)7(9)11-8(10)6(3)4/h6,8,10-11,15H,7,9H2,1-5H3,(H,20,23);4,6,8,12,20H,5,7H2,1-3H3,(H2,16,18)(H,17,19);5-6H,1-4H3/t15-;12-;/m11./s1. The first-order valence-corrected chi connectivity index (χ1v) is 19.3. The monoisotopic (exact) mass is 792 g/mol. The number of aromatic nitrogens is 2. The minimum Gasteiger partial charge on any atom is -0.444 e. The second-order valence-electron chi connectivity index (χ2n) is 16.9. The number of esters is 2. The number of nitrogens with zero attached hydrogens (tertiary/aromatic N) is 3. The summed E-state index contributed by atoms with van der Waals surface area (Å²) < 4.78 is 20.4. The Bertz CT molecular complexity index is 1890. The van der Waals surface area contributed by atoms with E-state index < -0.39 is 29.2 Å². The molecule has 2 aliphatic carbocycles. The van der Waals surface area contributed by atoms with E-state index in [1.54, 1.807) is 33.8 Å². The average Bonchev–Trinajstić information content (AvgIpc) is 3.86. The number of hydrogen-bond acceptors (Lipinski definition) is 12. The van der Waals surface area contributed by atoms with Gasteiger partial charge >= 0.3 is 24.1 Å². The van der Waals surface area contributed by atoms with E-state index >= 15 is 0 Å². The molecule has 2 amide bonds. The second kappa shape index (κ2) is 19.6. The summed E-state index contributed by atoms with van der Waals surface area (Å²) in [5.41, 5.74) is 10.7. The number of benzene rings is 2. The molecule has 15 nitrogen and oxygen atoms in total. The molecule has 0 aliphatic heterocycles. The molecule has 2 aromatic carbocycles. The Morgan fingerprint density at radius 3 is 1.68 bits per heavy atom. The average molecular weight is 793 g/mol. The lowest BCUT2D eigenvalue weighted by atomic mass is 10.0. The molecule has 0 spiro atoms. The van der Waals surface area contributed by atoms with Crippen molar-refractivity contribution in [2.75, 3.05) is 0 Å². The lowest BCUT2D eigenvalue weighted by molar-refractivity contribution is -0.164. The SMILES string of the molecule is CC(C)(C)OC(=O)N[C@@H]1CCc2cc(C(N)=NO)ccc21.CC(C)C(=O)OC(=O)C(C)C.CC(C)c1nc(-c2ccc3c(c2)CC[C@H]3NC(=O)OC(C)(C)C)no1. The summed E-state index contributed by atoms with van der Waals surface area (Å²) in [6, 6.07) is 11.6. The van der Waals surface area contributed by atoms with Gasteiger partial charge in [-0.05, 0) is 102 Å². The summed E-state index contributed by atoms with van der Waals surface area (Å²) >= 11 is 0. The number of hydrogen-bond donors (Lipinski definition) is 4. The quantitative estimate of drug-likeness (QED) is 0.0340. The van der Waals surface area contributed by atoms with E-state index in [9.17, 15) is 19.2 Å². The number of carbonyl (C=O) groups excluding carboxylic acids is 4. The Morgan fingerprint density at radius 1 is 0.789 bits per heavy atom. The third kappa shape index (κ3) is 14.2. The number of carbonyl (C=O) groups is 4. The van der Waals surface area contributed by atoms with Crippen LogP contribution in [0.1, 0.15) is 148 Å². The van der Waals surface area contributed by atoms with Crippen LogP contribution in [0.25, 0.3) is 11.4 Å². The highest BCUT2D eigenvalue weighted by molar-refractivity contribution is 5.97. The zero-order valence-corrected chi connectivity index (χ0v) is 35.3. The molecule has 15 heteroatoms. The number of fused-ring (bicyclic) bond motifs is 2. The van der Waals surface area contributed by atoms with Crippen molar-refractivity contribution in [3.63, 3.8) is 0 Å². The summed E-state index contributed by atoms with van der Waals surface area (Å²) in [5, 5.41) is 21.6. The number of amides is 2. The van der Waals surface area contributed by atoms with E-state index in [1.807, 2.05) is 79.7 Å². The number of oxime groups is 1. The molecule has 3 aromatic rings. The lowest BCUT2D eigenvalue weighted by Gasteiger charge is -2.22. The molecule has 0 saturated carbocycles. The Kier molecular flexibility index (Phi) is 15.8.